The molecule has 3 unspecified atom stereocenters. The van der Waals surface area contributed by atoms with Crippen LogP contribution in [0.4, 0.5) is 10.5 Å². The maximum atomic E-state index is 12.6. The first-order chi connectivity index (χ1) is 18.4. The van der Waals surface area contributed by atoms with Crippen LogP contribution in [0.25, 0.3) is 0 Å². The second-order valence-corrected chi connectivity index (χ2v) is 9.36. The smallest absolute Gasteiger partial charge is 0.414 e. The summed E-state index contributed by atoms with van der Waals surface area (Å²) in [4.78, 5) is 48.3. The van der Waals surface area contributed by atoms with Crippen molar-refractivity contribution in [1.29, 1.82) is 0 Å². The zero-order valence-corrected chi connectivity index (χ0v) is 22.3. The van der Waals surface area contributed by atoms with Gasteiger partial charge in [-0.3, -0.25) is 24.3 Å². The van der Waals surface area contributed by atoms with Gasteiger partial charge in [-0.15, -0.1) is 0 Å². The van der Waals surface area contributed by atoms with Crippen LogP contribution in [-0.4, -0.2) is 105 Å². The highest BCUT2D eigenvalue weighted by atomic mass is 16.7. The molecule has 12 nitrogen and oxygen atoms in total. The van der Waals surface area contributed by atoms with Crippen LogP contribution in [0.3, 0.4) is 0 Å². The van der Waals surface area contributed by atoms with Crippen LogP contribution in [0.2, 0.25) is 0 Å². The summed E-state index contributed by atoms with van der Waals surface area (Å²) in [6.45, 7) is 9.60. The van der Waals surface area contributed by atoms with Crippen LogP contribution < -0.4 is 10.2 Å². The van der Waals surface area contributed by atoms with Crippen molar-refractivity contribution in [2.45, 2.75) is 52.0 Å². The predicted octanol–water partition coefficient (Wildman–Crippen LogP) is 1.53. The summed E-state index contributed by atoms with van der Waals surface area (Å²) in [6, 6.07) is 6.89. The SMILES string of the molecule is CCOC(=O)CC(C(=O)OCC)N1CCN(CC2CN(c3ccc(C4=NOC(CC)N4)cc3)C(=O)O2)CC1. The van der Waals surface area contributed by atoms with Gasteiger partial charge in [-0.2, -0.15) is 0 Å². The molecule has 12 heteroatoms. The van der Waals surface area contributed by atoms with Gasteiger partial charge in [-0.05, 0) is 38.1 Å². The highest BCUT2D eigenvalue weighted by molar-refractivity contribution is 6.00. The molecule has 1 aromatic rings. The number of carbonyl (C=O) groups is 3. The maximum absolute atomic E-state index is 12.6. The number of hydrogen-bond donors (Lipinski definition) is 1. The first kappa shape index (κ1) is 27.6. The molecular formula is C26H37N5O7. The quantitative estimate of drug-likeness (QED) is 0.332. The molecular weight excluding hydrogens is 494 g/mol. The lowest BCUT2D eigenvalue weighted by Crippen LogP contribution is -2.54. The Morgan fingerprint density at radius 3 is 2.42 bits per heavy atom. The van der Waals surface area contributed by atoms with Gasteiger partial charge >= 0.3 is 18.0 Å². The van der Waals surface area contributed by atoms with E-state index in [1.807, 2.05) is 36.1 Å². The van der Waals surface area contributed by atoms with Gasteiger partial charge in [-0.25, -0.2) is 4.79 Å². The number of amidine groups is 1. The van der Waals surface area contributed by atoms with E-state index >= 15 is 0 Å². The van der Waals surface area contributed by atoms with Crippen LogP contribution in [-0.2, 0) is 28.6 Å². The number of ether oxygens (including phenoxy) is 3. The number of anilines is 1. The lowest BCUT2D eigenvalue weighted by molar-refractivity contribution is -0.157. The molecule has 1 aromatic carbocycles. The topological polar surface area (TPSA) is 122 Å². The number of benzene rings is 1. The Morgan fingerprint density at radius 1 is 1.08 bits per heavy atom. The predicted molar refractivity (Wildman–Crippen MR) is 139 cm³/mol. The molecule has 0 aromatic heterocycles. The molecule has 0 bridgehead atoms. The summed E-state index contributed by atoms with van der Waals surface area (Å²) >= 11 is 0. The minimum Gasteiger partial charge on any atom is -0.466 e. The molecule has 3 atom stereocenters. The third-order valence-electron chi connectivity index (χ3n) is 6.80. The molecule has 1 amide bonds. The number of oxime groups is 1. The van der Waals surface area contributed by atoms with Crippen molar-refractivity contribution in [2.24, 2.45) is 5.16 Å². The minimum absolute atomic E-state index is 0.0315. The molecule has 3 heterocycles. The van der Waals surface area contributed by atoms with Crippen LogP contribution in [0.5, 0.6) is 0 Å². The Hall–Kier alpha value is -3.38. The average Bonchev–Trinajstić information content (AvgIpc) is 3.55. The van der Waals surface area contributed by atoms with Crippen LogP contribution in [0.15, 0.2) is 29.4 Å². The molecule has 0 aliphatic carbocycles. The maximum Gasteiger partial charge on any atom is 0.414 e. The molecule has 0 radical (unpaired) electrons. The summed E-state index contributed by atoms with van der Waals surface area (Å²) < 4.78 is 15.9. The van der Waals surface area contributed by atoms with E-state index in [-0.39, 0.29) is 38.1 Å². The van der Waals surface area contributed by atoms with Gasteiger partial charge in [-0.1, -0.05) is 12.1 Å². The van der Waals surface area contributed by atoms with Gasteiger partial charge in [0.1, 0.15) is 12.1 Å². The normalized spacial score (nSPS) is 22.8. The molecule has 0 saturated carbocycles. The van der Waals surface area contributed by atoms with Crippen LogP contribution >= 0.6 is 0 Å². The van der Waals surface area contributed by atoms with Crippen molar-refractivity contribution in [1.82, 2.24) is 15.1 Å². The molecule has 2 saturated heterocycles. The molecule has 2 fully saturated rings. The lowest BCUT2D eigenvalue weighted by Gasteiger charge is -2.38. The Bertz CT molecular complexity index is 1010. The zero-order valence-electron chi connectivity index (χ0n) is 22.3. The highest BCUT2D eigenvalue weighted by Gasteiger charge is 2.36. The number of nitrogens with zero attached hydrogens (tertiary/aromatic N) is 4. The second-order valence-electron chi connectivity index (χ2n) is 9.36. The van der Waals surface area contributed by atoms with Gasteiger partial charge in [0, 0.05) is 50.4 Å². The van der Waals surface area contributed by atoms with E-state index in [1.165, 1.54) is 0 Å². The van der Waals surface area contributed by atoms with E-state index in [4.69, 9.17) is 19.0 Å². The molecule has 208 valence electrons. The number of hydrogen-bond acceptors (Lipinski definition) is 11. The van der Waals surface area contributed by atoms with Crippen molar-refractivity contribution in [3.63, 3.8) is 0 Å². The Kier molecular flexibility index (Phi) is 9.40. The van der Waals surface area contributed by atoms with Crippen molar-refractivity contribution in [3.8, 4) is 0 Å². The molecule has 38 heavy (non-hydrogen) atoms. The summed E-state index contributed by atoms with van der Waals surface area (Å²) in [7, 11) is 0. The Balaban J connectivity index is 1.28. The number of nitrogens with one attached hydrogen (secondary N) is 1. The van der Waals surface area contributed by atoms with E-state index < -0.39 is 18.0 Å². The summed E-state index contributed by atoms with van der Waals surface area (Å²) in [6.07, 6.45) is 0.0175. The largest absolute Gasteiger partial charge is 0.466 e. The standard InChI is InChI=1S/C26H37N5O7/c1-4-22-27-24(28-38-22)18-7-9-19(10-8-18)31-17-20(37-26(31)34)16-29-11-13-30(14-12-29)21(25(33)36-6-3)15-23(32)35-5-2/h7-10,20-22H,4-6,11-17H2,1-3H3,(H,27,28). The van der Waals surface area contributed by atoms with Gasteiger partial charge in [0.25, 0.3) is 0 Å². The monoisotopic (exact) mass is 531 g/mol. The molecule has 3 aliphatic heterocycles. The summed E-state index contributed by atoms with van der Waals surface area (Å²) in [5.41, 5.74) is 1.64. The zero-order chi connectivity index (χ0) is 27.1. The average molecular weight is 532 g/mol. The van der Waals surface area contributed by atoms with E-state index in [9.17, 15) is 14.4 Å². The van der Waals surface area contributed by atoms with Gasteiger partial charge in [0.15, 0.2) is 12.1 Å². The first-order valence-electron chi connectivity index (χ1n) is 13.3. The molecule has 0 spiro atoms. The minimum atomic E-state index is -0.663. The Labute approximate surface area is 222 Å². The fraction of sp³-hybridized carbons (Fsp3) is 0.615. The number of cyclic esters (lactones) is 1. The van der Waals surface area contributed by atoms with Crippen molar-refractivity contribution < 1.29 is 33.4 Å². The van der Waals surface area contributed by atoms with Gasteiger partial charge in [0.2, 0.25) is 0 Å². The van der Waals surface area contributed by atoms with E-state index in [1.54, 1.807) is 18.7 Å². The summed E-state index contributed by atoms with van der Waals surface area (Å²) in [5.74, 6) is -0.143. The summed E-state index contributed by atoms with van der Waals surface area (Å²) in [5, 5.41) is 7.29. The number of piperazine rings is 1. The van der Waals surface area contributed by atoms with E-state index in [0.29, 0.717) is 45.1 Å². The van der Waals surface area contributed by atoms with Gasteiger partial charge < -0.3 is 24.4 Å². The number of rotatable bonds is 11. The molecule has 1 N–H and O–H groups in total. The van der Waals surface area contributed by atoms with Crippen molar-refractivity contribution >= 4 is 29.6 Å². The fourth-order valence-corrected chi connectivity index (χ4v) is 4.78. The van der Waals surface area contributed by atoms with Crippen molar-refractivity contribution in [2.75, 3.05) is 57.4 Å². The Morgan fingerprint density at radius 2 is 1.79 bits per heavy atom. The van der Waals surface area contributed by atoms with Crippen molar-refractivity contribution in [3.05, 3.63) is 29.8 Å². The third-order valence-corrected chi connectivity index (χ3v) is 6.80. The fourth-order valence-electron chi connectivity index (χ4n) is 4.78. The van der Waals surface area contributed by atoms with E-state index in [0.717, 1.165) is 17.7 Å². The number of esters is 2. The molecule has 3 aliphatic rings. The van der Waals surface area contributed by atoms with E-state index in [2.05, 4.69) is 15.4 Å². The first-order valence-corrected chi connectivity index (χ1v) is 13.3. The lowest BCUT2D eigenvalue weighted by atomic mass is 10.1. The second kappa shape index (κ2) is 12.9. The van der Waals surface area contributed by atoms with Gasteiger partial charge in [0.05, 0.1) is 26.2 Å². The molecule has 4 rings (SSSR count). The number of amides is 1. The third kappa shape index (κ3) is 6.73. The van der Waals surface area contributed by atoms with Crippen LogP contribution in [0, 0.1) is 0 Å². The highest BCUT2D eigenvalue weighted by Crippen LogP contribution is 2.24. The van der Waals surface area contributed by atoms with Crippen LogP contribution in [0.1, 0.15) is 39.2 Å². The number of carbonyl (C=O) groups excluding carboxylic acids is 3.